The Morgan fingerprint density at radius 1 is 1.25 bits per heavy atom. The van der Waals surface area contributed by atoms with Crippen LogP contribution in [0, 0.1) is 0 Å². The van der Waals surface area contributed by atoms with Crippen LogP contribution in [0.5, 0.6) is 0 Å². The monoisotopic (exact) mass is 239 g/mol. The summed E-state index contributed by atoms with van der Waals surface area (Å²) in [5, 5.41) is 3.22. The second-order valence-corrected chi connectivity index (χ2v) is 6.44. The maximum absolute atomic E-state index is 11.9. The van der Waals surface area contributed by atoms with E-state index in [-0.39, 0.29) is 17.5 Å². The van der Waals surface area contributed by atoms with Crippen molar-refractivity contribution in [2.45, 2.75) is 24.6 Å². The van der Waals surface area contributed by atoms with Crippen LogP contribution in [0.15, 0.2) is 30.3 Å². The molecule has 4 heteroatoms. The molecule has 2 rings (SSSR count). The predicted octanol–water partition coefficient (Wildman–Crippen LogP) is 1.35. The predicted molar refractivity (Wildman–Crippen MR) is 65.0 cm³/mol. The Hall–Kier alpha value is -0.870. The van der Waals surface area contributed by atoms with Gasteiger partial charge in [0.1, 0.15) is 0 Å². The standard InChI is InChI=1S/C12H17NO2S/c14-16(15,10-12-7-4-8-13-12)9-11-5-2-1-3-6-11/h1-3,5-6,12-13H,4,7-10H2/t12-/m1/s1. The van der Waals surface area contributed by atoms with E-state index in [1.165, 1.54) is 0 Å². The fourth-order valence-electron chi connectivity index (χ4n) is 2.09. The Labute approximate surface area is 96.8 Å². The minimum absolute atomic E-state index is 0.159. The summed E-state index contributed by atoms with van der Waals surface area (Å²) in [5.74, 6) is 0.425. The zero-order valence-corrected chi connectivity index (χ0v) is 10.0. The Kier molecular flexibility index (Phi) is 3.61. The first-order chi connectivity index (χ1) is 7.66. The molecule has 0 radical (unpaired) electrons. The molecule has 1 aliphatic heterocycles. The SMILES string of the molecule is O=S(=O)(Cc1ccccc1)C[C@H]1CCCN1. The molecule has 1 N–H and O–H groups in total. The molecule has 0 unspecified atom stereocenters. The summed E-state index contributed by atoms with van der Waals surface area (Å²) in [4.78, 5) is 0. The summed E-state index contributed by atoms with van der Waals surface area (Å²) in [7, 11) is -2.98. The number of sulfone groups is 1. The van der Waals surface area contributed by atoms with E-state index >= 15 is 0 Å². The average Bonchev–Trinajstić information content (AvgIpc) is 2.70. The van der Waals surface area contributed by atoms with Crippen LogP contribution >= 0.6 is 0 Å². The summed E-state index contributed by atoms with van der Waals surface area (Å²) < 4.78 is 23.8. The van der Waals surface area contributed by atoms with E-state index in [0.29, 0.717) is 0 Å². The second-order valence-electron chi connectivity index (χ2n) is 4.33. The lowest BCUT2D eigenvalue weighted by atomic mass is 10.2. The van der Waals surface area contributed by atoms with Crippen molar-refractivity contribution in [1.82, 2.24) is 5.32 Å². The summed E-state index contributed by atoms with van der Waals surface area (Å²) in [6, 6.07) is 9.53. The van der Waals surface area contributed by atoms with Crippen LogP contribution in [0.25, 0.3) is 0 Å². The van der Waals surface area contributed by atoms with Crippen LogP contribution in [0.2, 0.25) is 0 Å². The topological polar surface area (TPSA) is 46.2 Å². The van der Waals surface area contributed by atoms with Gasteiger partial charge in [0.25, 0.3) is 0 Å². The van der Waals surface area contributed by atoms with Gasteiger partial charge in [0.2, 0.25) is 0 Å². The fourth-order valence-corrected chi connectivity index (χ4v) is 3.81. The first kappa shape index (κ1) is 11.6. The number of benzene rings is 1. The first-order valence-electron chi connectivity index (χ1n) is 5.63. The molecule has 3 nitrogen and oxygen atoms in total. The maximum Gasteiger partial charge on any atom is 0.155 e. The highest BCUT2D eigenvalue weighted by molar-refractivity contribution is 7.90. The third-order valence-electron chi connectivity index (χ3n) is 2.85. The zero-order chi connectivity index (χ0) is 11.4. The van der Waals surface area contributed by atoms with Crippen LogP contribution in [0.1, 0.15) is 18.4 Å². The summed E-state index contributed by atoms with van der Waals surface area (Å²) in [6.45, 7) is 0.950. The van der Waals surface area contributed by atoms with E-state index in [2.05, 4.69) is 5.32 Å². The van der Waals surface area contributed by atoms with Crippen LogP contribution in [0.3, 0.4) is 0 Å². The Morgan fingerprint density at radius 3 is 2.62 bits per heavy atom. The minimum Gasteiger partial charge on any atom is -0.313 e. The number of hydrogen-bond acceptors (Lipinski definition) is 3. The molecular formula is C12H17NO2S. The van der Waals surface area contributed by atoms with E-state index < -0.39 is 9.84 Å². The van der Waals surface area contributed by atoms with Gasteiger partial charge < -0.3 is 5.32 Å². The van der Waals surface area contributed by atoms with Gasteiger partial charge in [-0.2, -0.15) is 0 Å². The molecule has 88 valence electrons. The molecule has 0 aromatic heterocycles. The van der Waals surface area contributed by atoms with Crippen LogP contribution in [0.4, 0.5) is 0 Å². The highest BCUT2D eigenvalue weighted by atomic mass is 32.2. The third-order valence-corrected chi connectivity index (χ3v) is 4.53. The van der Waals surface area contributed by atoms with Gasteiger partial charge in [-0.15, -0.1) is 0 Å². The smallest absolute Gasteiger partial charge is 0.155 e. The van der Waals surface area contributed by atoms with E-state index in [4.69, 9.17) is 0 Å². The van der Waals surface area contributed by atoms with E-state index in [0.717, 1.165) is 24.9 Å². The second kappa shape index (κ2) is 4.97. The quantitative estimate of drug-likeness (QED) is 0.863. The molecule has 1 aromatic carbocycles. The van der Waals surface area contributed by atoms with E-state index in [9.17, 15) is 8.42 Å². The summed E-state index contributed by atoms with van der Waals surface area (Å²) >= 11 is 0. The molecular weight excluding hydrogens is 222 g/mol. The molecule has 1 aliphatic rings. The van der Waals surface area contributed by atoms with Gasteiger partial charge in [0.15, 0.2) is 9.84 Å². The minimum atomic E-state index is -2.98. The highest BCUT2D eigenvalue weighted by Gasteiger charge is 2.22. The van der Waals surface area contributed by atoms with Crippen LogP contribution < -0.4 is 5.32 Å². The average molecular weight is 239 g/mol. The zero-order valence-electron chi connectivity index (χ0n) is 9.22. The molecule has 1 atom stereocenters. The highest BCUT2D eigenvalue weighted by Crippen LogP contribution is 2.12. The van der Waals surface area contributed by atoms with Gasteiger partial charge in [-0.1, -0.05) is 30.3 Å². The van der Waals surface area contributed by atoms with Crippen LogP contribution in [-0.2, 0) is 15.6 Å². The van der Waals surface area contributed by atoms with Gasteiger partial charge in [-0.05, 0) is 24.9 Å². The lowest BCUT2D eigenvalue weighted by Crippen LogP contribution is -2.30. The molecule has 0 bridgehead atoms. The Bertz CT molecular complexity index is 422. The van der Waals surface area contributed by atoms with Gasteiger partial charge in [-0.25, -0.2) is 8.42 Å². The molecule has 0 saturated carbocycles. The van der Waals surface area contributed by atoms with Gasteiger partial charge in [0, 0.05) is 6.04 Å². The van der Waals surface area contributed by atoms with Crippen molar-refractivity contribution in [2.24, 2.45) is 0 Å². The van der Waals surface area contributed by atoms with E-state index in [1.807, 2.05) is 30.3 Å². The van der Waals surface area contributed by atoms with Gasteiger partial charge in [-0.3, -0.25) is 0 Å². The van der Waals surface area contributed by atoms with Gasteiger partial charge >= 0.3 is 0 Å². The Balaban J connectivity index is 1.97. The lowest BCUT2D eigenvalue weighted by molar-refractivity contribution is 0.576. The number of nitrogens with one attached hydrogen (secondary N) is 1. The molecule has 1 heterocycles. The molecule has 1 fully saturated rings. The molecule has 0 spiro atoms. The first-order valence-corrected chi connectivity index (χ1v) is 7.46. The maximum atomic E-state index is 11.9. The van der Waals surface area contributed by atoms with Crippen molar-refractivity contribution in [3.8, 4) is 0 Å². The van der Waals surface area contributed by atoms with Crippen molar-refractivity contribution in [2.75, 3.05) is 12.3 Å². The number of rotatable bonds is 4. The van der Waals surface area contributed by atoms with Crippen molar-refractivity contribution < 1.29 is 8.42 Å². The van der Waals surface area contributed by atoms with Crippen molar-refractivity contribution in [1.29, 1.82) is 0 Å². The van der Waals surface area contributed by atoms with E-state index in [1.54, 1.807) is 0 Å². The normalized spacial score (nSPS) is 21.1. The van der Waals surface area contributed by atoms with Gasteiger partial charge in [0.05, 0.1) is 11.5 Å². The van der Waals surface area contributed by atoms with Crippen molar-refractivity contribution in [3.05, 3.63) is 35.9 Å². The Morgan fingerprint density at radius 2 is 2.00 bits per heavy atom. The number of hydrogen-bond donors (Lipinski definition) is 1. The molecule has 0 aliphatic carbocycles. The largest absolute Gasteiger partial charge is 0.313 e. The third kappa shape index (κ3) is 3.32. The molecule has 0 amide bonds. The molecule has 1 aromatic rings. The molecule has 16 heavy (non-hydrogen) atoms. The lowest BCUT2D eigenvalue weighted by Gasteiger charge is -2.10. The summed E-state index contributed by atoms with van der Waals surface area (Å²) in [5.41, 5.74) is 0.875. The van der Waals surface area contributed by atoms with Crippen molar-refractivity contribution >= 4 is 9.84 Å². The van der Waals surface area contributed by atoms with Crippen LogP contribution in [-0.4, -0.2) is 26.8 Å². The van der Waals surface area contributed by atoms with Crippen molar-refractivity contribution in [3.63, 3.8) is 0 Å². The fraction of sp³-hybridized carbons (Fsp3) is 0.500. The summed E-state index contributed by atoms with van der Waals surface area (Å²) in [6.07, 6.45) is 2.07. The molecule has 1 saturated heterocycles.